The minimum absolute atomic E-state index is 0.151. The van der Waals surface area contributed by atoms with Crippen LogP contribution in [0.2, 0.25) is 0 Å². The maximum Gasteiger partial charge on any atom is 0.230 e. The molecule has 0 unspecified atom stereocenters. The lowest BCUT2D eigenvalue weighted by molar-refractivity contribution is -0.115. The van der Waals surface area contributed by atoms with Crippen molar-refractivity contribution in [2.45, 2.75) is 6.42 Å². The number of methoxy groups -OCH3 is 1. The number of nitrogens with zero attached hydrogens (tertiary/aromatic N) is 1. The third-order valence-corrected chi connectivity index (χ3v) is 3.13. The number of anilines is 1. The standard InChI is InChI=1S/C16H14N2O3/c1-20-12-6-4-5-11(9-12)10-15(19)17-16-13-7-2-3-8-14(13)21-18-16/h2-9H,10H2,1H3,(H,17,18,19). The number of amides is 1. The van der Waals surface area contributed by atoms with E-state index >= 15 is 0 Å². The summed E-state index contributed by atoms with van der Waals surface area (Å²) in [7, 11) is 1.60. The quantitative estimate of drug-likeness (QED) is 0.799. The highest BCUT2D eigenvalue weighted by atomic mass is 16.5. The number of aromatic nitrogens is 1. The zero-order valence-electron chi connectivity index (χ0n) is 11.5. The van der Waals surface area contributed by atoms with E-state index < -0.39 is 0 Å². The number of rotatable bonds is 4. The highest BCUT2D eigenvalue weighted by molar-refractivity contribution is 5.99. The molecule has 106 valence electrons. The summed E-state index contributed by atoms with van der Waals surface area (Å²) in [4.78, 5) is 12.1. The zero-order valence-corrected chi connectivity index (χ0v) is 11.5. The van der Waals surface area contributed by atoms with Crippen LogP contribution in [0.1, 0.15) is 5.56 Å². The van der Waals surface area contributed by atoms with Gasteiger partial charge in [0.25, 0.3) is 0 Å². The average molecular weight is 282 g/mol. The van der Waals surface area contributed by atoms with Crippen LogP contribution >= 0.6 is 0 Å². The van der Waals surface area contributed by atoms with Crippen molar-refractivity contribution in [3.63, 3.8) is 0 Å². The van der Waals surface area contributed by atoms with E-state index in [0.717, 1.165) is 16.7 Å². The second-order valence-corrected chi connectivity index (χ2v) is 4.60. The van der Waals surface area contributed by atoms with E-state index in [1.54, 1.807) is 13.2 Å². The van der Waals surface area contributed by atoms with Crippen LogP contribution in [0.4, 0.5) is 5.82 Å². The van der Waals surface area contributed by atoms with Crippen LogP contribution in [0.3, 0.4) is 0 Å². The van der Waals surface area contributed by atoms with E-state index in [0.29, 0.717) is 11.4 Å². The summed E-state index contributed by atoms with van der Waals surface area (Å²) in [5.41, 5.74) is 1.52. The van der Waals surface area contributed by atoms with Gasteiger partial charge in [0, 0.05) is 0 Å². The van der Waals surface area contributed by atoms with Gasteiger partial charge in [-0.3, -0.25) is 4.79 Å². The fourth-order valence-electron chi connectivity index (χ4n) is 2.12. The molecular weight excluding hydrogens is 268 g/mol. The molecule has 0 aliphatic carbocycles. The van der Waals surface area contributed by atoms with Crippen LogP contribution in [-0.2, 0) is 11.2 Å². The fourth-order valence-corrected chi connectivity index (χ4v) is 2.12. The monoisotopic (exact) mass is 282 g/mol. The van der Waals surface area contributed by atoms with E-state index in [-0.39, 0.29) is 12.3 Å². The normalized spacial score (nSPS) is 10.5. The van der Waals surface area contributed by atoms with Crippen molar-refractivity contribution in [2.24, 2.45) is 0 Å². The van der Waals surface area contributed by atoms with Crippen LogP contribution in [0.15, 0.2) is 53.1 Å². The van der Waals surface area contributed by atoms with Crippen molar-refractivity contribution in [2.75, 3.05) is 12.4 Å². The Kier molecular flexibility index (Phi) is 3.55. The molecule has 2 aromatic carbocycles. The number of nitrogens with one attached hydrogen (secondary N) is 1. The first kappa shape index (κ1) is 13.2. The van der Waals surface area contributed by atoms with Crippen LogP contribution in [0.25, 0.3) is 11.0 Å². The number of para-hydroxylation sites is 1. The predicted molar refractivity (Wildman–Crippen MR) is 79.3 cm³/mol. The first-order valence-corrected chi connectivity index (χ1v) is 6.53. The molecule has 0 aliphatic heterocycles. The van der Waals surface area contributed by atoms with E-state index in [1.807, 2.05) is 42.5 Å². The van der Waals surface area contributed by atoms with Gasteiger partial charge in [0.1, 0.15) is 5.75 Å². The lowest BCUT2D eigenvalue weighted by atomic mass is 10.1. The summed E-state index contributed by atoms with van der Waals surface area (Å²) in [6.07, 6.45) is 0.248. The minimum atomic E-state index is -0.151. The summed E-state index contributed by atoms with van der Waals surface area (Å²) >= 11 is 0. The Hall–Kier alpha value is -2.82. The Morgan fingerprint density at radius 3 is 2.95 bits per heavy atom. The van der Waals surface area contributed by atoms with Crippen molar-refractivity contribution in [1.82, 2.24) is 5.16 Å². The lowest BCUT2D eigenvalue weighted by Crippen LogP contribution is -2.14. The summed E-state index contributed by atoms with van der Waals surface area (Å²) in [6, 6.07) is 14.8. The molecule has 0 saturated heterocycles. The molecule has 5 nitrogen and oxygen atoms in total. The molecule has 1 aromatic heterocycles. The molecule has 0 atom stereocenters. The Balaban J connectivity index is 1.74. The molecule has 0 saturated carbocycles. The van der Waals surface area contributed by atoms with Crippen LogP contribution in [-0.4, -0.2) is 18.2 Å². The van der Waals surface area contributed by atoms with Crippen LogP contribution in [0, 0.1) is 0 Å². The summed E-state index contributed by atoms with van der Waals surface area (Å²) in [5.74, 6) is 1.02. The number of ether oxygens (including phenoxy) is 1. The SMILES string of the molecule is COc1cccc(CC(=O)Nc2noc3ccccc23)c1. The van der Waals surface area contributed by atoms with Gasteiger partial charge in [0.05, 0.1) is 18.9 Å². The summed E-state index contributed by atoms with van der Waals surface area (Å²) < 4.78 is 10.3. The van der Waals surface area contributed by atoms with Crippen molar-refractivity contribution in [1.29, 1.82) is 0 Å². The lowest BCUT2D eigenvalue weighted by Gasteiger charge is -2.04. The molecule has 1 heterocycles. The third kappa shape index (κ3) is 2.86. The Bertz CT molecular complexity index is 780. The van der Waals surface area contributed by atoms with Gasteiger partial charge in [-0.25, -0.2) is 0 Å². The number of carbonyl (C=O) groups excluding carboxylic acids is 1. The number of fused-ring (bicyclic) bond motifs is 1. The average Bonchev–Trinajstić information content (AvgIpc) is 2.91. The van der Waals surface area contributed by atoms with E-state index in [1.165, 1.54) is 0 Å². The van der Waals surface area contributed by atoms with Gasteiger partial charge in [-0.05, 0) is 29.8 Å². The molecule has 0 aliphatic rings. The second-order valence-electron chi connectivity index (χ2n) is 4.60. The molecule has 0 spiro atoms. The van der Waals surface area contributed by atoms with Gasteiger partial charge in [-0.1, -0.05) is 29.4 Å². The minimum Gasteiger partial charge on any atom is -0.497 e. The van der Waals surface area contributed by atoms with Gasteiger partial charge in [0.15, 0.2) is 11.4 Å². The number of hydrogen-bond acceptors (Lipinski definition) is 4. The van der Waals surface area contributed by atoms with Crippen molar-refractivity contribution >= 4 is 22.7 Å². The Morgan fingerprint density at radius 1 is 1.24 bits per heavy atom. The first-order valence-electron chi connectivity index (χ1n) is 6.53. The van der Waals surface area contributed by atoms with Crippen LogP contribution < -0.4 is 10.1 Å². The first-order chi connectivity index (χ1) is 10.3. The Labute approximate surface area is 121 Å². The molecule has 3 rings (SSSR count). The molecule has 1 amide bonds. The van der Waals surface area contributed by atoms with Gasteiger partial charge in [0.2, 0.25) is 5.91 Å². The van der Waals surface area contributed by atoms with Gasteiger partial charge in [-0.2, -0.15) is 0 Å². The third-order valence-electron chi connectivity index (χ3n) is 3.13. The molecule has 0 bridgehead atoms. The zero-order chi connectivity index (χ0) is 14.7. The maximum absolute atomic E-state index is 12.1. The second kappa shape index (κ2) is 5.66. The molecule has 0 fully saturated rings. The highest BCUT2D eigenvalue weighted by Gasteiger charge is 2.11. The predicted octanol–water partition coefficient (Wildman–Crippen LogP) is 3.02. The van der Waals surface area contributed by atoms with Crippen molar-refractivity contribution in [3.8, 4) is 5.75 Å². The van der Waals surface area contributed by atoms with E-state index in [2.05, 4.69) is 10.5 Å². The van der Waals surface area contributed by atoms with E-state index in [9.17, 15) is 4.79 Å². The molecule has 21 heavy (non-hydrogen) atoms. The van der Waals surface area contributed by atoms with E-state index in [4.69, 9.17) is 9.26 Å². The largest absolute Gasteiger partial charge is 0.497 e. The smallest absolute Gasteiger partial charge is 0.230 e. The fraction of sp³-hybridized carbons (Fsp3) is 0.125. The number of carbonyl (C=O) groups is 1. The molecular formula is C16H14N2O3. The van der Waals surface area contributed by atoms with Crippen molar-refractivity contribution in [3.05, 3.63) is 54.1 Å². The maximum atomic E-state index is 12.1. The summed E-state index contributed by atoms with van der Waals surface area (Å²) in [5, 5.41) is 7.43. The number of benzene rings is 2. The topological polar surface area (TPSA) is 64.4 Å². The van der Waals surface area contributed by atoms with Gasteiger partial charge in [-0.15, -0.1) is 0 Å². The Morgan fingerprint density at radius 2 is 2.10 bits per heavy atom. The molecule has 5 heteroatoms. The highest BCUT2D eigenvalue weighted by Crippen LogP contribution is 2.22. The molecule has 1 N–H and O–H groups in total. The molecule has 3 aromatic rings. The molecule has 0 radical (unpaired) electrons. The van der Waals surface area contributed by atoms with Crippen molar-refractivity contribution < 1.29 is 14.1 Å². The van der Waals surface area contributed by atoms with Crippen LogP contribution in [0.5, 0.6) is 5.75 Å². The van der Waals surface area contributed by atoms with Gasteiger partial charge >= 0.3 is 0 Å². The van der Waals surface area contributed by atoms with Gasteiger partial charge < -0.3 is 14.6 Å². The summed E-state index contributed by atoms with van der Waals surface area (Å²) in [6.45, 7) is 0. The number of hydrogen-bond donors (Lipinski definition) is 1.